The highest BCUT2D eigenvalue weighted by molar-refractivity contribution is 5.83. The molecule has 13 heavy (non-hydrogen) atoms. The molecule has 0 saturated heterocycles. The van der Waals surface area contributed by atoms with Gasteiger partial charge in [-0.3, -0.25) is 9.97 Å². The van der Waals surface area contributed by atoms with E-state index in [0.717, 1.165) is 22.3 Å². The number of hydrogen-bond donors (Lipinski definition) is 1. The molecule has 0 aromatic carbocycles. The maximum Gasteiger partial charge on any atom is 0.0871 e. The Morgan fingerprint density at radius 3 is 3.15 bits per heavy atom. The molecule has 0 aliphatic carbocycles. The molecule has 3 nitrogen and oxygen atoms in total. The Labute approximate surface area is 74.8 Å². The van der Waals surface area contributed by atoms with E-state index in [9.17, 15) is 0 Å². The summed E-state index contributed by atoms with van der Waals surface area (Å²) in [6.45, 7) is 0. The molecule has 0 bridgehead atoms. The highest BCUT2D eigenvalue weighted by atomic mass is 14.8. The Hall–Kier alpha value is -1.90. The predicted octanol–water partition coefficient (Wildman–Crippen LogP) is 2.06. The van der Waals surface area contributed by atoms with Crippen LogP contribution in [0.2, 0.25) is 0 Å². The number of nitrogens with zero attached hydrogens (tertiary/aromatic N) is 2. The lowest BCUT2D eigenvalue weighted by Gasteiger charge is -2.01. The first-order chi connectivity index (χ1) is 6.43. The molecule has 3 heteroatoms. The van der Waals surface area contributed by atoms with Gasteiger partial charge in [0.1, 0.15) is 0 Å². The number of hydrogen-bond acceptors (Lipinski definition) is 2. The van der Waals surface area contributed by atoms with Gasteiger partial charge in [0.05, 0.1) is 23.1 Å². The van der Waals surface area contributed by atoms with Gasteiger partial charge >= 0.3 is 0 Å². The van der Waals surface area contributed by atoms with Gasteiger partial charge in [-0.15, -0.1) is 0 Å². The van der Waals surface area contributed by atoms with Crippen molar-refractivity contribution in [1.29, 1.82) is 0 Å². The lowest BCUT2D eigenvalue weighted by molar-refractivity contribution is 1.30. The van der Waals surface area contributed by atoms with E-state index in [1.54, 1.807) is 12.4 Å². The fraction of sp³-hybridized carbons (Fsp3) is 0. The van der Waals surface area contributed by atoms with Crippen LogP contribution < -0.4 is 0 Å². The van der Waals surface area contributed by atoms with Crippen molar-refractivity contribution < 1.29 is 0 Å². The molecule has 1 aromatic rings. The molecule has 0 amide bonds. The molecular weight excluding hydrogens is 162 g/mol. The lowest BCUT2D eigenvalue weighted by atomic mass is 10.2. The van der Waals surface area contributed by atoms with E-state index < -0.39 is 0 Å². The van der Waals surface area contributed by atoms with Crippen LogP contribution in [0.3, 0.4) is 0 Å². The SMILES string of the molecule is c1cc2cc3nccc-3[nH]c2cn1. The van der Waals surface area contributed by atoms with Crippen LogP contribution >= 0.6 is 0 Å². The molecule has 0 atom stereocenters. The third kappa shape index (κ3) is 0.902. The van der Waals surface area contributed by atoms with Crippen molar-refractivity contribution in [3.8, 4) is 11.4 Å². The Kier molecular flexibility index (Phi) is 1.16. The zero-order valence-corrected chi connectivity index (χ0v) is 6.86. The minimum atomic E-state index is 0.999. The summed E-state index contributed by atoms with van der Waals surface area (Å²) in [5.41, 5.74) is 3.10. The van der Waals surface area contributed by atoms with Crippen LogP contribution in [0, 0.1) is 0 Å². The van der Waals surface area contributed by atoms with Crippen molar-refractivity contribution in [3.63, 3.8) is 0 Å². The maximum absolute atomic E-state index is 4.22. The van der Waals surface area contributed by atoms with Gasteiger partial charge in [-0.05, 0) is 18.2 Å². The second kappa shape index (κ2) is 2.29. The average molecular weight is 169 g/mol. The first-order valence-corrected chi connectivity index (χ1v) is 4.11. The van der Waals surface area contributed by atoms with E-state index >= 15 is 0 Å². The third-order valence-electron chi connectivity index (χ3n) is 2.15. The van der Waals surface area contributed by atoms with Gasteiger partial charge in [0, 0.05) is 17.8 Å². The Balaban J connectivity index is 2.52. The number of H-pyrrole nitrogens is 1. The smallest absolute Gasteiger partial charge is 0.0871 e. The quantitative estimate of drug-likeness (QED) is 0.559. The van der Waals surface area contributed by atoms with E-state index in [-0.39, 0.29) is 0 Å². The van der Waals surface area contributed by atoms with Crippen molar-refractivity contribution >= 4 is 10.9 Å². The van der Waals surface area contributed by atoms with E-state index in [0.29, 0.717) is 0 Å². The molecule has 2 aliphatic heterocycles. The minimum absolute atomic E-state index is 0.999. The van der Waals surface area contributed by atoms with Crippen LogP contribution in [0.5, 0.6) is 0 Å². The minimum Gasteiger partial charge on any atom is -0.352 e. The second-order valence-electron chi connectivity index (χ2n) is 2.98. The number of nitrogens with one attached hydrogen (secondary N) is 1. The summed E-state index contributed by atoms with van der Waals surface area (Å²) >= 11 is 0. The van der Waals surface area contributed by atoms with Crippen molar-refractivity contribution in [2.45, 2.75) is 0 Å². The summed E-state index contributed by atoms with van der Waals surface area (Å²) in [5, 5.41) is 1.14. The molecule has 0 fully saturated rings. The number of rotatable bonds is 0. The number of fused-ring (bicyclic) bond motifs is 2. The average Bonchev–Trinajstić information content (AvgIpc) is 2.61. The summed E-state index contributed by atoms with van der Waals surface area (Å²) in [4.78, 5) is 11.5. The van der Waals surface area contributed by atoms with Gasteiger partial charge in [0.15, 0.2) is 0 Å². The molecule has 3 rings (SSSR count). The second-order valence-corrected chi connectivity index (χ2v) is 2.98. The Bertz CT molecular complexity index is 480. The topological polar surface area (TPSA) is 41.6 Å². The molecule has 0 spiro atoms. The van der Waals surface area contributed by atoms with E-state index in [2.05, 4.69) is 21.0 Å². The van der Waals surface area contributed by atoms with Crippen LogP contribution in [-0.2, 0) is 0 Å². The van der Waals surface area contributed by atoms with E-state index in [4.69, 9.17) is 0 Å². The molecule has 0 unspecified atom stereocenters. The van der Waals surface area contributed by atoms with Crippen LogP contribution in [0.25, 0.3) is 22.3 Å². The third-order valence-corrected chi connectivity index (χ3v) is 2.15. The van der Waals surface area contributed by atoms with Crippen LogP contribution in [0.4, 0.5) is 0 Å². The van der Waals surface area contributed by atoms with Crippen LogP contribution in [0.15, 0.2) is 36.8 Å². The Morgan fingerprint density at radius 1 is 1.15 bits per heavy atom. The molecule has 0 radical (unpaired) electrons. The van der Waals surface area contributed by atoms with Crippen molar-refractivity contribution in [2.75, 3.05) is 0 Å². The standard InChI is InChI=1S/C10H7N3/c1-3-11-6-10-7(1)5-9-8(13-10)2-4-12-9/h1-6,13H. The normalized spacial score (nSPS) is 11.1. The van der Waals surface area contributed by atoms with Gasteiger partial charge in [0.2, 0.25) is 0 Å². The zero-order chi connectivity index (χ0) is 8.67. The summed E-state index contributed by atoms with van der Waals surface area (Å²) < 4.78 is 0. The Morgan fingerprint density at radius 2 is 2.15 bits per heavy atom. The molecule has 1 aromatic heterocycles. The van der Waals surface area contributed by atoms with Gasteiger partial charge in [-0.1, -0.05) is 0 Å². The van der Waals surface area contributed by atoms with Crippen molar-refractivity contribution in [3.05, 3.63) is 36.8 Å². The summed E-state index contributed by atoms with van der Waals surface area (Å²) in [7, 11) is 0. The van der Waals surface area contributed by atoms with Gasteiger partial charge in [-0.25, -0.2) is 0 Å². The van der Waals surface area contributed by atoms with Crippen molar-refractivity contribution in [2.24, 2.45) is 0 Å². The van der Waals surface area contributed by atoms with E-state index in [1.807, 2.05) is 18.3 Å². The maximum atomic E-state index is 4.22. The van der Waals surface area contributed by atoms with Gasteiger partial charge in [0.25, 0.3) is 0 Å². The molecule has 1 N–H and O–H groups in total. The lowest BCUT2D eigenvalue weighted by Crippen LogP contribution is -1.85. The number of pyridine rings is 2. The predicted molar refractivity (Wildman–Crippen MR) is 50.5 cm³/mol. The molecule has 2 aliphatic rings. The van der Waals surface area contributed by atoms with Gasteiger partial charge < -0.3 is 4.98 Å². The molecule has 0 saturated carbocycles. The molecule has 62 valence electrons. The summed E-state index contributed by atoms with van der Waals surface area (Å²) in [6, 6.07) is 5.99. The first kappa shape index (κ1) is 6.60. The fourth-order valence-corrected chi connectivity index (χ4v) is 1.50. The van der Waals surface area contributed by atoms with Crippen LogP contribution in [-0.4, -0.2) is 15.0 Å². The van der Waals surface area contributed by atoms with Gasteiger partial charge in [-0.2, -0.15) is 0 Å². The largest absolute Gasteiger partial charge is 0.352 e. The zero-order valence-electron chi connectivity index (χ0n) is 6.86. The fourth-order valence-electron chi connectivity index (χ4n) is 1.50. The number of aromatic amines is 1. The van der Waals surface area contributed by atoms with E-state index in [1.165, 1.54) is 0 Å². The summed E-state index contributed by atoms with van der Waals surface area (Å²) in [6.07, 6.45) is 5.40. The number of aromatic nitrogens is 3. The molecular formula is C10H7N3. The van der Waals surface area contributed by atoms with Crippen molar-refractivity contribution in [1.82, 2.24) is 15.0 Å². The summed E-state index contributed by atoms with van der Waals surface area (Å²) in [5.74, 6) is 0. The monoisotopic (exact) mass is 169 g/mol. The highest BCUT2D eigenvalue weighted by Gasteiger charge is 2.04. The van der Waals surface area contributed by atoms with Crippen LogP contribution in [0.1, 0.15) is 0 Å². The highest BCUT2D eigenvalue weighted by Crippen LogP contribution is 2.21. The first-order valence-electron chi connectivity index (χ1n) is 4.11. The molecule has 3 heterocycles.